The quantitative estimate of drug-likeness (QED) is 0.623. The van der Waals surface area contributed by atoms with E-state index < -0.39 is 6.03 Å². The van der Waals surface area contributed by atoms with Gasteiger partial charge in [-0.05, 0) is 19.2 Å². The minimum Gasteiger partial charge on any atom is -0.494 e. The number of hydrogen-bond donors (Lipinski definition) is 4. The van der Waals surface area contributed by atoms with Crippen LogP contribution in [0.15, 0.2) is 18.2 Å². The largest absolute Gasteiger partial charge is 0.494 e. The fraction of sp³-hybridized carbons (Fsp3) is 0.385. The van der Waals surface area contributed by atoms with Gasteiger partial charge in [0.15, 0.2) is 0 Å². The molecular formula is C13H20N4O3. The summed E-state index contributed by atoms with van der Waals surface area (Å²) in [6.07, 6.45) is 0. The van der Waals surface area contributed by atoms with E-state index in [9.17, 15) is 9.59 Å². The lowest BCUT2D eigenvalue weighted by Crippen LogP contribution is -2.28. The first-order valence-corrected chi connectivity index (χ1v) is 6.18. The molecule has 1 aromatic rings. The molecule has 1 aromatic carbocycles. The van der Waals surface area contributed by atoms with Gasteiger partial charge >= 0.3 is 6.03 Å². The van der Waals surface area contributed by atoms with Crippen molar-refractivity contribution in [3.63, 3.8) is 0 Å². The predicted molar refractivity (Wildman–Crippen MR) is 77.9 cm³/mol. The number of urea groups is 1. The molecule has 0 saturated heterocycles. The van der Waals surface area contributed by atoms with Gasteiger partial charge in [-0.25, -0.2) is 4.79 Å². The Morgan fingerprint density at radius 2 is 2.05 bits per heavy atom. The van der Waals surface area contributed by atoms with Crippen molar-refractivity contribution in [1.29, 1.82) is 0 Å². The molecule has 0 heterocycles. The average molecular weight is 280 g/mol. The number of carbonyl (C=O) groups is 2. The molecule has 3 amide bonds. The zero-order valence-electron chi connectivity index (χ0n) is 11.8. The predicted octanol–water partition coefficient (Wildman–Crippen LogP) is 0.980. The highest BCUT2D eigenvalue weighted by molar-refractivity contribution is 5.94. The maximum absolute atomic E-state index is 11.9. The van der Waals surface area contributed by atoms with E-state index >= 15 is 0 Å². The summed E-state index contributed by atoms with van der Waals surface area (Å²) in [5, 5.41) is 8.16. The van der Waals surface area contributed by atoms with E-state index in [0.29, 0.717) is 23.7 Å². The standard InChI is InChI=1S/C13H20N4O3/c1-8(7-15-2)12(18)16-9-4-5-10(17-13(14)19)11(6-9)20-3/h4-6,8,15H,7H2,1-3H3,(H,16,18)(H3,14,17,19). The molecule has 0 spiro atoms. The lowest BCUT2D eigenvalue weighted by Gasteiger charge is -2.14. The normalized spacial score (nSPS) is 11.6. The number of primary amides is 1. The van der Waals surface area contributed by atoms with Gasteiger partial charge in [0.2, 0.25) is 5.91 Å². The van der Waals surface area contributed by atoms with Crippen LogP contribution in [-0.4, -0.2) is 32.6 Å². The zero-order valence-corrected chi connectivity index (χ0v) is 11.8. The first-order chi connectivity index (χ1) is 9.47. The third kappa shape index (κ3) is 4.43. The first kappa shape index (κ1) is 15.8. The van der Waals surface area contributed by atoms with Crippen LogP contribution in [0.2, 0.25) is 0 Å². The molecule has 7 nitrogen and oxygen atoms in total. The van der Waals surface area contributed by atoms with Gasteiger partial charge < -0.3 is 26.4 Å². The Labute approximate surface area is 117 Å². The van der Waals surface area contributed by atoms with Crippen molar-refractivity contribution in [2.75, 3.05) is 31.3 Å². The Kier molecular flexibility index (Phi) is 5.79. The zero-order chi connectivity index (χ0) is 15.1. The van der Waals surface area contributed by atoms with E-state index in [0.717, 1.165) is 0 Å². The smallest absolute Gasteiger partial charge is 0.316 e. The fourth-order valence-electron chi connectivity index (χ4n) is 1.67. The summed E-state index contributed by atoms with van der Waals surface area (Å²) < 4.78 is 5.14. The van der Waals surface area contributed by atoms with Crippen molar-refractivity contribution in [3.05, 3.63) is 18.2 Å². The minimum atomic E-state index is -0.678. The van der Waals surface area contributed by atoms with E-state index in [4.69, 9.17) is 10.5 Å². The number of ether oxygens (including phenoxy) is 1. The highest BCUT2D eigenvalue weighted by atomic mass is 16.5. The van der Waals surface area contributed by atoms with Gasteiger partial charge in [-0.15, -0.1) is 0 Å². The second kappa shape index (κ2) is 7.34. The molecule has 1 rings (SSSR count). The lowest BCUT2D eigenvalue weighted by atomic mass is 10.1. The Morgan fingerprint density at radius 3 is 2.60 bits per heavy atom. The van der Waals surface area contributed by atoms with Crippen LogP contribution < -0.4 is 26.4 Å². The number of carbonyl (C=O) groups excluding carboxylic acids is 2. The number of rotatable bonds is 6. The molecule has 1 unspecified atom stereocenters. The molecule has 0 fully saturated rings. The topological polar surface area (TPSA) is 105 Å². The third-order valence-corrected chi connectivity index (χ3v) is 2.68. The Hall–Kier alpha value is -2.28. The molecule has 20 heavy (non-hydrogen) atoms. The average Bonchev–Trinajstić information content (AvgIpc) is 2.40. The molecule has 0 aliphatic carbocycles. The van der Waals surface area contributed by atoms with Crippen LogP contribution in [0.25, 0.3) is 0 Å². The van der Waals surface area contributed by atoms with Crippen LogP contribution in [0, 0.1) is 5.92 Å². The van der Waals surface area contributed by atoms with Crippen LogP contribution in [0.3, 0.4) is 0 Å². The third-order valence-electron chi connectivity index (χ3n) is 2.68. The maximum Gasteiger partial charge on any atom is 0.316 e. The number of amides is 3. The number of nitrogens with one attached hydrogen (secondary N) is 3. The van der Waals surface area contributed by atoms with Crippen LogP contribution >= 0.6 is 0 Å². The van der Waals surface area contributed by atoms with Crippen LogP contribution in [-0.2, 0) is 4.79 Å². The van der Waals surface area contributed by atoms with Gasteiger partial charge in [-0.2, -0.15) is 0 Å². The first-order valence-electron chi connectivity index (χ1n) is 6.18. The fourth-order valence-corrected chi connectivity index (χ4v) is 1.67. The molecule has 0 aliphatic rings. The SMILES string of the molecule is CNCC(C)C(=O)Nc1ccc(NC(N)=O)c(OC)c1. The molecule has 0 aromatic heterocycles. The number of hydrogen-bond acceptors (Lipinski definition) is 4. The number of benzene rings is 1. The summed E-state index contributed by atoms with van der Waals surface area (Å²) in [6.45, 7) is 2.41. The van der Waals surface area contributed by atoms with E-state index in [1.54, 1.807) is 25.2 Å². The van der Waals surface area contributed by atoms with Gasteiger partial charge in [0.25, 0.3) is 0 Å². The molecule has 0 aliphatic heterocycles. The van der Waals surface area contributed by atoms with E-state index in [1.165, 1.54) is 7.11 Å². The Morgan fingerprint density at radius 1 is 1.35 bits per heavy atom. The highest BCUT2D eigenvalue weighted by Gasteiger charge is 2.13. The second-order valence-corrected chi connectivity index (χ2v) is 4.35. The summed E-state index contributed by atoms with van der Waals surface area (Å²) in [7, 11) is 3.26. The van der Waals surface area contributed by atoms with Gasteiger partial charge in [0, 0.05) is 24.2 Å². The number of anilines is 2. The summed E-state index contributed by atoms with van der Waals surface area (Å²) in [6, 6.07) is 4.22. The van der Waals surface area contributed by atoms with E-state index in [1.807, 2.05) is 6.92 Å². The molecule has 1 atom stereocenters. The number of nitrogens with two attached hydrogens (primary N) is 1. The second-order valence-electron chi connectivity index (χ2n) is 4.35. The summed E-state index contributed by atoms with van der Waals surface area (Å²) in [4.78, 5) is 22.7. The molecule has 110 valence electrons. The van der Waals surface area contributed by atoms with Crippen molar-refractivity contribution < 1.29 is 14.3 Å². The molecular weight excluding hydrogens is 260 g/mol. The molecule has 0 bridgehead atoms. The van der Waals surface area contributed by atoms with Crippen LogP contribution in [0.5, 0.6) is 5.75 Å². The molecule has 7 heteroatoms. The van der Waals surface area contributed by atoms with Crippen LogP contribution in [0.4, 0.5) is 16.2 Å². The van der Waals surface area contributed by atoms with Crippen molar-refractivity contribution in [2.24, 2.45) is 11.7 Å². The van der Waals surface area contributed by atoms with Crippen LogP contribution in [0.1, 0.15) is 6.92 Å². The maximum atomic E-state index is 11.9. The van der Waals surface area contributed by atoms with Gasteiger partial charge in [0.1, 0.15) is 5.75 Å². The number of methoxy groups -OCH3 is 1. The van der Waals surface area contributed by atoms with Gasteiger partial charge in [-0.3, -0.25) is 4.79 Å². The lowest BCUT2D eigenvalue weighted by molar-refractivity contribution is -0.119. The molecule has 0 saturated carbocycles. The summed E-state index contributed by atoms with van der Waals surface area (Å²) in [5.41, 5.74) is 6.09. The Balaban J connectivity index is 2.82. The highest BCUT2D eigenvalue weighted by Crippen LogP contribution is 2.28. The van der Waals surface area contributed by atoms with Gasteiger partial charge in [-0.1, -0.05) is 6.92 Å². The monoisotopic (exact) mass is 280 g/mol. The van der Waals surface area contributed by atoms with Crippen molar-refractivity contribution in [1.82, 2.24) is 5.32 Å². The Bertz CT molecular complexity index is 491. The minimum absolute atomic E-state index is 0.1000. The molecule has 0 radical (unpaired) electrons. The van der Waals surface area contributed by atoms with E-state index in [-0.39, 0.29) is 11.8 Å². The van der Waals surface area contributed by atoms with Crippen molar-refractivity contribution in [2.45, 2.75) is 6.92 Å². The summed E-state index contributed by atoms with van der Waals surface area (Å²) in [5.74, 6) is 0.161. The summed E-state index contributed by atoms with van der Waals surface area (Å²) >= 11 is 0. The van der Waals surface area contributed by atoms with Crippen molar-refractivity contribution >= 4 is 23.3 Å². The van der Waals surface area contributed by atoms with E-state index in [2.05, 4.69) is 16.0 Å². The molecule has 5 N–H and O–H groups in total. The van der Waals surface area contributed by atoms with Gasteiger partial charge in [0.05, 0.1) is 12.8 Å². The van der Waals surface area contributed by atoms with Crippen molar-refractivity contribution in [3.8, 4) is 5.75 Å².